The van der Waals surface area contributed by atoms with Crippen LogP contribution in [0.15, 0.2) is 0 Å². The third-order valence-corrected chi connectivity index (χ3v) is 5.38. The molecule has 17 heavy (non-hydrogen) atoms. The van der Waals surface area contributed by atoms with Crippen LogP contribution in [0, 0.1) is 11.3 Å². The molecule has 0 amide bonds. The number of ether oxygens (including phenoxy) is 1. The van der Waals surface area contributed by atoms with Gasteiger partial charge in [-0.3, -0.25) is 0 Å². The molecule has 0 aromatic rings. The van der Waals surface area contributed by atoms with E-state index in [1.807, 2.05) is 0 Å². The van der Waals surface area contributed by atoms with Gasteiger partial charge in [-0.25, -0.2) is 0 Å². The van der Waals surface area contributed by atoms with Crippen molar-refractivity contribution < 1.29 is 4.74 Å². The van der Waals surface area contributed by atoms with Gasteiger partial charge >= 0.3 is 0 Å². The molecule has 0 radical (unpaired) electrons. The highest BCUT2D eigenvalue weighted by Crippen LogP contribution is 2.51. The fraction of sp³-hybridized carbons (Fsp3) is 1.00. The van der Waals surface area contributed by atoms with E-state index in [0.29, 0.717) is 5.41 Å². The number of hydrogen-bond acceptors (Lipinski definition) is 2. The van der Waals surface area contributed by atoms with Gasteiger partial charge in [0, 0.05) is 12.6 Å². The van der Waals surface area contributed by atoms with Crippen molar-refractivity contribution in [3.05, 3.63) is 0 Å². The van der Waals surface area contributed by atoms with E-state index in [9.17, 15) is 0 Å². The van der Waals surface area contributed by atoms with Crippen LogP contribution in [0.5, 0.6) is 0 Å². The first-order valence-electron chi connectivity index (χ1n) is 7.47. The highest BCUT2D eigenvalue weighted by Gasteiger charge is 2.46. The lowest BCUT2D eigenvalue weighted by Crippen LogP contribution is -2.46. The maximum absolute atomic E-state index is 6.08. The van der Waals surface area contributed by atoms with Crippen LogP contribution in [-0.4, -0.2) is 24.8 Å². The van der Waals surface area contributed by atoms with Gasteiger partial charge in [0.25, 0.3) is 0 Å². The molecule has 3 aliphatic rings. The summed E-state index contributed by atoms with van der Waals surface area (Å²) in [6.07, 6.45) is 9.26. The van der Waals surface area contributed by atoms with Crippen LogP contribution in [0.3, 0.4) is 0 Å². The van der Waals surface area contributed by atoms with Crippen LogP contribution >= 0.6 is 0 Å². The van der Waals surface area contributed by atoms with Crippen molar-refractivity contribution in [3.8, 4) is 0 Å². The Morgan fingerprint density at radius 3 is 2.53 bits per heavy atom. The van der Waals surface area contributed by atoms with E-state index in [-0.39, 0.29) is 5.60 Å². The topological polar surface area (TPSA) is 21.3 Å². The predicted molar refractivity (Wildman–Crippen MR) is 70.1 cm³/mol. The summed E-state index contributed by atoms with van der Waals surface area (Å²) in [4.78, 5) is 0. The van der Waals surface area contributed by atoms with Gasteiger partial charge in [0.05, 0.1) is 5.60 Å². The molecule has 0 bridgehead atoms. The van der Waals surface area contributed by atoms with E-state index in [2.05, 4.69) is 19.2 Å². The van der Waals surface area contributed by atoms with E-state index in [4.69, 9.17) is 4.74 Å². The van der Waals surface area contributed by atoms with E-state index in [0.717, 1.165) is 18.6 Å². The van der Waals surface area contributed by atoms with Gasteiger partial charge in [0.15, 0.2) is 0 Å². The molecule has 0 aromatic carbocycles. The van der Waals surface area contributed by atoms with Crippen molar-refractivity contribution in [2.24, 2.45) is 11.3 Å². The lowest BCUT2D eigenvalue weighted by atomic mass is 9.89. The van der Waals surface area contributed by atoms with Crippen LogP contribution in [0.4, 0.5) is 0 Å². The first-order chi connectivity index (χ1) is 8.10. The Morgan fingerprint density at radius 1 is 1.18 bits per heavy atom. The van der Waals surface area contributed by atoms with Crippen molar-refractivity contribution >= 4 is 0 Å². The summed E-state index contributed by atoms with van der Waals surface area (Å²) in [7, 11) is 0. The Hall–Kier alpha value is -0.0800. The molecule has 1 heterocycles. The molecule has 1 N–H and O–H groups in total. The number of nitrogens with one attached hydrogen (secondary N) is 1. The summed E-state index contributed by atoms with van der Waals surface area (Å²) in [5.41, 5.74) is 0.887. The summed E-state index contributed by atoms with van der Waals surface area (Å²) in [6.45, 7) is 6.99. The molecule has 0 aromatic heterocycles. The maximum Gasteiger partial charge on any atom is 0.0697 e. The summed E-state index contributed by atoms with van der Waals surface area (Å²) < 4.78 is 6.08. The fourth-order valence-electron chi connectivity index (χ4n) is 3.80. The van der Waals surface area contributed by atoms with Gasteiger partial charge < -0.3 is 10.1 Å². The van der Waals surface area contributed by atoms with Gasteiger partial charge in [-0.2, -0.15) is 0 Å². The Balaban J connectivity index is 1.47. The van der Waals surface area contributed by atoms with E-state index in [1.165, 1.54) is 51.5 Å². The maximum atomic E-state index is 6.08. The van der Waals surface area contributed by atoms with Gasteiger partial charge in [-0.1, -0.05) is 26.7 Å². The van der Waals surface area contributed by atoms with Crippen molar-refractivity contribution in [2.45, 2.75) is 70.4 Å². The number of hydrogen-bond donors (Lipinski definition) is 1. The Bertz CT molecular complexity index is 281. The zero-order valence-corrected chi connectivity index (χ0v) is 11.4. The highest BCUT2D eigenvalue weighted by molar-refractivity contribution is 4.98. The summed E-state index contributed by atoms with van der Waals surface area (Å²) in [5.74, 6) is 0.921. The van der Waals surface area contributed by atoms with E-state index < -0.39 is 0 Å². The zero-order valence-electron chi connectivity index (χ0n) is 11.4. The van der Waals surface area contributed by atoms with Crippen molar-refractivity contribution in [1.82, 2.24) is 5.32 Å². The fourth-order valence-corrected chi connectivity index (χ4v) is 3.80. The molecule has 2 unspecified atom stereocenters. The lowest BCUT2D eigenvalue weighted by Gasteiger charge is -2.38. The second-order valence-corrected chi connectivity index (χ2v) is 7.23. The summed E-state index contributed by atoms with van der Waals surface area (Å²) in [6, 6.07) is 0.721. The van der Waals surface area contributed by atoms with Crippen LogP contribution < -0.4 is 5.32 Å². The van der Waals surface area contributed by atoms with Crippen molar-refractivity contribution in [3.63, 3.8) is 0 Å². The van der Waals surface area contributed by atoms with Gasteiger partial charge in [0.2, 0.25) is 0 Å². The molecule has 2 heteroatoms. The van der Waals surface area contributed by atoms with Gasteiger partial charge in [0.1, 0.15) is 0 Å². The highest BCUT2D eigenvalue weighted by atomic mass is 16.5. The van der Waals surface area contributed by atoms with E-state index >= 15 is 0 Å². The minimum atomic E-state index is 0.273. The molecule has 2 aliphatic carbocycles. The van der Waals surface area contributed by atoms with Gasteiger partial charge in [-0.05, 0) is 50.0 Å². The van der Waals surface area contributed by atoms with E-state index in [1.54, 1.807) is 0 Å². The largest absolute Gasteiger partial charge is 0.375 e. The van der Waals surface area contributed by atoms with Gasteiger partial charge in [-0.15, -0.1) is 0 Å². The normalized spacial score (nSPS) is 38.5. The Morgan fingerprint density at radius 2 is 1.88 bits per heavy atom. The minimum absolute atomic E-state index is 0.273. The molecule has 2 atom stereocenters. The number of rotatable bonds is 3. The summed E-state index contributed by atoms with van der Waals surface area (Å²) in [5, 5.41) is 3.81. The van der Waals surface area contributed by atoms with Crippen LogP contribution in [-0.2, 0) is 4.74 Å². The smallest absolute Gasteiger partial charge is 0.0697 e. The van der Waals surface area contributed by atoms with Crippen LogP contribution in [0.2, 0.25) is 0 Å². The van der Waals surface area contributed by atoms with Crippen LogP contribution in [0.25, 0.3) is 0 Å². The zero-order chi connectivity index (χ0) is 11.9. The van der Waals surface area contributed by atoms with Crippen molar-refractivity contribution in [2.75, 3.05) is 13.2 Å². The average molecular weight is 237 g/mol. The first kappa shape index (κ1) is 12.0. The molecule has 1 spiro atoms. The predicted octanol–water partition coefficient (Wildman–Crippen LogP) is 3.11. The monoisotopic (exact) mass is 237 g/mol. The van der Waals surface area contributed by atoms with Crippen molar-refractivity contribution in [1.29, 1.82) is 0 Å². The molecule has 2 nitrogen and oxygen atoms in total. The molecule has 1 saturated heterocycles. The standard InChI is InChI=1S/C15H27NO/c1-14(2)9-12(14)11-16-13-5-8-17-15(10-13)6-3-4-7-15/h12-13,16H,3-11H2,1-2H3. The Labute approximate surface area is 105 Å². The molecule has 3 fully saturated rings. The third kappa shape index (κ3) is 2.53. The minimum Gasteiger partial charge on any atom is -0.375 e. The molecular weight excluding hydrogens is 210 g/mol. The first-order valence-corrected chi connectivity index (χ1v) is 7.47. The SMILES string of the molecule is CC1(C)CC1CNC1CCOC2(CCCC2)C1. The third-order valence-electron chi connectivity index (χ3n) is 5.38. The average Bonchev–Trinajstić information content (AvgIpc) is 2.70. The molecule has 3 rings (SSSR count). The second-order valence-electron chi connectivity index (χ2n) is 7.23. The molecule has 2 saturated carbocycles. The Kier molecular flexibility index (Phi) is 2.99. The van der Waals surface area contributed by atoms with Crippen LogP contribution in [0.1, 0.15) is 58.8 Å². The molecular formula is C15H27NO. The molecule has 1 aliphatic heterocycles. The molecule has 98 valence electrons. The second kappa shape index (κ2) is 4.24. The lowest BCUT2D eigenvalue weighted by molar-refractivity contribution is -0.0836. The summed E-state index contributed by atoms with van der Waals surface area (Å²) >= 11 is 0. The quantitative estimate of drug-likeness (QED) is 0.814.